The number of hydrogen-bond acceptors (Lipinski definition) is 3. The van der Waals surface area contributed by atoms with Crippen LogP contribution in [-0.2, 0) is 14.8 Å². The number of nitrogens with one attached hydrogen (secondary N) is 2. The summed E-state index contributed by atoms with van der Waals surface area (Å²) in [5.74, 6) is -2.10. The van der Waals surface area contributed by atoms with E-state index in [4.69, 9.17) is 0 Å². The standard InChI is InChI=1S/C12H15F3N2O3S/c1-8-3-4-9(2)10(7-8)21(19,20)17-6-5-16-11(18)12(13,14)15/h3-4,7,17H,5-6H2,1-2H3,(H,16,18). The third-order valence-electron chi connectivity index (χ3n) is 2.59. The molecule has 0 radical (unpaired) electrons. The molecule has 0 aliphatic carbocycles. The minimum Gasteiger partial charge on any atom is -0.347 e. The van der Waals surface area contributed by atoms with Crippen molar-refractivity contribution in [1.29, 1.82) is 0 Å². The molecule has 0 fully saturated rings. The van der Waals surface area contributed by atoms with Gasteiger partial charge in [0.25, 0.3) is 0 Å². The molecule has 1 aromatic carbocycles. The van der Waals surface area contributed by atoms with Crippen LogP contribution in [0.2, 0.25) is 0 Å². The predicted octanol–water partition coefficient (Wildman–Crippen LogP) is 1.26. The normalized spacial score (nSPS) is 12.2. The molecule has 0 atom stereocenters. The van der Waals surface area contributed by atoms with Crippen LogP contribution >= 0.6 is 0 Å². The minimum atomic E-state index is -4.98. The lowest BCUT2D eigenvalue weighted by atomic mass is 10.2. The molecule has 0 unspecified atom stereocenters. The monoisotopic (exact) mass is 324 g/mol. The molecule has 1 amide bonds. The smallest absolute Gasteiger partial charge is 0.347 e. The number of halogens is 3. The highest BCUT2D eigenvalue weighted by Crippen LogP contribution is 2.16. The first-order valence-electron chi connectivity index (χ1n) is 5.96. The first-order chi connectivity index (χ1) is 9.54. The van der Waals surface area contributed by atoms with Gasteiger partial charge in [0.1, 0.15) is 0 Å². The molecule has 0 bridgehead atoms. The second-order valence-corrected chi connectivity index (χ2v) is 6.16. The average Bonchev–Trinajstić information content (AvgIpc) is 2.36. The van der Waals surface area contributed by atoms with Crippen molar-refractivity contribution in [3.8, 4) is 0 Å². The van der Waals surface area contributed by atoms with Gasteiger partial charge in [-0.2, -0.15) is 13.2 Å². The van der Waals surface area contributed by atoms with Crippen LogP contribution in [-0.4, -0.2) is 33.6 Å². The number of carbonyl (C=O) groups is 1. The summed E-state index contributed by atoms with van der Waals surface area (Å²) >= 11 is 0. The van der Waals surface area contributed by atoms with Gasteiger partial charge in [-0.25, -0.2) is 13.1 Å². The molecule has 1 aromatic rings. The topological polar surface area (TPSA) is 75.3 Å². The second-order valence-electron chi connectivity index (χ2n) is 4.42. The van der Waals surface area contributed by atoms with Crippen molar-refractivity contribution >= 4 is 15.9 Å². The minimum absolute atomic E-state index is 0.0599. The maximum absolute atomic E-state index is 12.0. The summed E-state index contributed by atoms with van der Waals surface area (Å²) in [5, 5.41) is 1.58. The highest BCUT2D eigenvalue weighted by molar-refractivity contribution is 7.89. The Labute approximate surface area is 120 Å². The Morgan fingerprint density at radius 3 is 2.38 bits per heavy atom. The number of hydrogen-bond donors (Lipinski definition) is 2. The van der Waals surface area contributed by atoms with Gasteiger partial charge in [0.05, 0.1) is 4.90 Å². The van der Waals surface area contributed by atoms with E-state index in [-0.39, 0.29) is 11.4 Å². The van der Waals surface area contributed by atoms with E-state index in [1.807, 2.05) is 0 Å². The first-order valence-corrected chi connectivity index (χ1v) is 7.44. The average molecular weight is 324 g/mol. The molecule has 2 N–H and O–H groups in total. The third kappa shape index (κ3) is 5.01. The van der Waals surface area contributed by atoms with Crippen LogP contribution in [0.15, 0.2) is 23.1 Å². The summed E-state index contributed by atoms with van der Waals surface area (Å²) in [7, 11) is -3.83. The van der Waals surface area contributed by atoms with E-state index in [0.29, 0.717) is 5.56 Å². The predicted molar refractivity (Wildman–Crippen MR) is 70.2 cm³/mol. The highest BCUT2D eigenvalue weighted by Gasteiger charge is 2.38. The lowest BCUT2D eigenvalue weighted by Gasteiger charge is -2.11. The van der Waals surface area contributed by atoms with Crippen molar-refractivity contribution in [2.24, 2.45) is 0 Å². The fourth-order valence-electron chi connectivity index (χ4n) is 1.54. The number of amides is 1. The van der Waals surface area contributed by atoms with Gasteiger partial charge in [-0.05, 0) is 31.0 Å². The van der Waals surface area contributed by atoms with Crippen LogP contribution in [0.3, 0.4) is 0 Å². The zero-order chi connectivity index (χ0) is 16.3. The van der Waals surface area contributed by atoms with Crippen LogP contribution in [0.25, 0.3) is 0 Å². The molecule has 5 nitrogen and oxygen atoms in total. The zero-order valence-electron chi connectivity index (χ0n) is 11.4. The summed E-state index contributed by atoms with van der Waals surface area (Å²) in [5.41, 5.74) is 1.26. The van der Waals surface area contributed by atoms with E-state index in [1.54, 1.807) is 31.3 Å². The van der Waals surface area contributed by atoms with Gasteiger partial charge >= 0.3 is 12.1 Å². The van der Waals surface area contributed by atoms with Gasteiger partial charge in [0.2, 0.25) is 10.0 Å². The van der Waals surface area contributed by atoms with Gasteiger partial charge < -0.3 is 5.32 Å². The number of alkyl halides is 3. The van der Waals surface area contributed by atoms with Gasteiger partial charge in [-0.15, -0.1) is 0 Å². The summed E-state index contributed by atoms with van der Waals surface area (Å²) in [6.45, 7) is 2.54. The molecule has 9 heteroatoms. The first kappa shape index (κ1) is 17.4. The second kappa shape index (κ2) is 6.44. The van der Waals surface area contributed by atoms with Gasteiger partial charge in [-0.3, -0.25) is 4.79 Å². The summed E-state index contributed by atoms with van der Waals surface area (Å²) in [6, 6.07) is 4.85. The Hall–Kier alpha value is -1.61. The van der Waals surface area contributed by atoms with E-state index in [0.717, 1.165) is 5.56 Å². The van der Waals surface area contributed by atoms with Gasteiger partial charge in [-0.1, -0.05) is 12.1 Å². The molecule has 0 saturated heterocycles. The number of rotatable bonds is 5. The number of benzene rings is 1. The fourth-order valence-corrected chi connectivity index (χ4v) is 2.90. The van der Waals surface area contributed by atoms with E-state index < -0.39 is 28.7 Å². The molecule has 0 aliphatic rings. The number of sulfonamides is 1. The zero-order valence-corrected chi connectivity index (χ0v) is 12.2. The largest absolute Gasteiger partial charge is 0.471 e. The van der Waals surface area contributed by atoms with Crippen LogP contribution < -0.4 is 10.0 Å². The number of aryl methyl sites for hydroxylation is 2. The molecule has 1 rings (SSSR count). The Kier molecular flexibility index (Phi) is 5.35. The fraction of sp³-hybridized carbons (Fsp3) is 0.417. The van der Waals surface area contributed by atoms with Crippen molar-refractivity contribution in [2.45, 2.75) is 24.9 Å². The Bertz CT molecular complexity index is 627. The molecule has 0 spiro atoms. The quantitative estimate of drug-likeness (QED) is 0.801. The van der Waals surface area contributed by atoms with E-state index in [2.05, 4.69) is 4.72 Å². The van der Waals surface area contributed by atoms with Crippen molar-refractivity contribution in [3.63, 3.8) is 0 Å². The van der Waals surface area contributed by atoms with E-state index in [9.17, 15) is 26.4 Å². The lowest BCUT2D eigenvalue weighted by molar-refractivity contribution is -0.173. The molecule has 0 aliphatic heterocycles. The van der Waals surface area contributed by atoms with E-state index >= 15 is 0 Å². The van der Waals surface area contributed by atoms with Crippen LogP contribution in [0.5, 0.6) is 0 Å². The molecule has 0 aromatic heterocycles. The van der Waals surface area contributed by atoms with Crippen LogP contribution in [0.4, 0.5) is 13.2 Å². The number of carbonyl (C=O) groups excluding carboxylic acids is 1. The SMILES string of the molecule is Cc1ccc(C)c(S(=O)(=O)NCCNC(=O)C(F)(F)F)c1. The molecule has 21 heavy (non-hydrogen) atoms. The summed E-state index contributed by atoms with van der Waals surface area (Å²) in [6.07, 6.45) is -4.98. The molecular weight excluding hydrogens is 309 g/mol. The molecule has 0 saturated carbocycles. The Morgan fingerprint density at radius 1 is 1.19 bits per heavy atom. The Morgan fingerprint density at radius 2 is 1.81 bits per heavy atom. The summed E-state index contributed by atoms with van der Waals surface area (Å²) in [4.78, 5) is 10.6. The van der Waals surface area contributed by atoms with Gasteiger partial charge in [0.15, 0.2) is 0 Å². The van der Waals surface area contributed by atoms with Crippen molar-refractivity contribution < 1.29 is 26.4 Å². The molecule has 0 heterocycles. The van der Waals surface area contributed by atoms with Gasteiger partial charge in [0, 0.05) is 13.1 Å². The highest BCUT2D eigenvalue weighted by atomic mass is 32.2. The summed E-state index contributed by atoms with van der Waals surface area (Å²) < 4.78 is 61.9. The van der Waals surface area contributed by atoms with E-state index in [1.165, 1.54) is 6.07 Å². The van der Waals surface area contributed by atoms with Crippen LogP contribution in [0.1, 0.15) is 11.1 Å². The maximum Gasteiger partial charge on any atom is 0.471 e. The molecular formula is C12H15F3N2O3S. The molecule has 118 valence electrons. The lowest BCUT2D eigenvalue weighted by Crippen LogP contribution is -2.41. The van der Waals surface area contributed by atoms with Crippen molar-refractivity contribution in [3.05, 3.63) is 29.3 Å². The third-order valence-corrected chi connectivity index (χ3v) is 4.20. The van der Waals surface area contributed by atoms with Crippen molar-refractivity contribution in [2.75, 3.05) is 13.1 Å². The van der Waals surface area contributed by atoms with Crippen LogP contribution in [0, 0.1) is 13.8 Å². The maximum atomic E-state index is 12.0. The van der Waals surface area contributed by atoms with Crippen molar-refractivity contribution in [1.82, 2.24) is 10.0 Å². The Balaban J connectivity index is 2.63.